The Balaban J connectivity index is 1.59. The van der Waals surface area contributed by atoms with Crippen molar-refractivity contribution in [2.75, 3.05) is 5.32 Å². The molecule has 0 unspecified atom stereocenters. The fourth-order valence-corrected chi connectivity index (χ4v) is 3.61. The van der Waals surface area contributed by atoms with Crippen LogP contribution in [0.4, 0.5) is 24.8 Å². The van der Waals surface area contributed by atoms with Gasteiger partial charge in [0.15, 0.2) is 0 Å². The van der Waals surface area contributed by atoms with E-state index in [0.717, 1.165) is 17.8 Å². The van der Waals surface area contributed by atoms with Gasteiger partial charge in [-0.1, -0.05) is 5.21 Å². The molecule has 0 spiro atoms. The molecule has 164 valence electrons. The van der Waals surface area contributed by atoms with Crippen LogP contribution in [0.1, 0.15) is 42.6 Å². The zero-order valence-electron chi connectivity index (χ0n) is 16.6. The number of aliphatic hydroxyl groups is 2. The van der Waals surface area contributed by atoms with Crippen LogP contribution in [-0.2, 0) is 11.8 Å². The second-order valence-corrected chi connectivity index (χ2v) is 7.76. The smallest absolute Gasteiger partial charge is 0.393 e. The Morgan fingerprint density at radius 2 is 1.94 bits per heavy atom. The molecule has 8 nitrogen and oxygen atoms in total. The molecule has 1 aliphatic rings. The monoisotopic (exact) mass is 434 g/mol. The number of alkyl halides is 3. The number of anilines is 2. The maximum atomic E-state index is 12.9. The number of aliphatic hydroxyl groups excluding tert-OH is 1. The Hall–Kier alpha value is -3.05. The van der Waals surface area contributed by atoms with Crippen LogP contribution in [0, 0.1) is 6.92 Å². The van der Waals surface area contributed by atoms with Crippen LogP contribution >= 0.6 is 0 Å². The number of aromatic nitrogens is 5. The maximum absolute atomic E-state index is 12.9. The molecule has 1 aliphatic carbocycles. The highest BCUT2D eigenvalue weighted by atomic mass is 19.4. The molecular formula is C20H21F3N6O2. The summed E-state index contributed by atoms with van der Waals surface area (Å²) < 4.78 is 40.2. The van der Waals surface area contributed by atoms with Gasteiger partial charge in [-0.05, 0) is 62.4 Å². The van der Waals surface area contributed by atoms with E-state index in [1.165, 1.54) is 4.68 Å². The Morgan fingerprint density at radius 3 is 2.65 bits per heavy atom. The molecule has 1 aromatic carbocycles. The first-order valence-corrected chi connectivity index (χ1v) is 9.75. The van der Waals surface area contributed by atoms with Crippen molar-refractivity contribution in [3.63, 3.8) is 0 Å². The second-order valence-electron chi connectivity index (χ2n) is 7.76. The summed E-state index contributed by atoms with van der Waals surface area (Å²) in [5.74, 6) is -0.180. The van der Waals surface area contributed by atoms with Crippen LogP contribution in [0.15, 0.2) is 36.7 Å². The zero-order chi connectivity index (χ0) is 22.2. The third-order valence-electron chi connectivity index (χ3n) is 5.28. The van der Waals surface area contributed by atoms with E-state index < -0.39 is 23.6 Å². The van der Waals surface area contributed by atoms with Crippen molar-refractivity contribution in [2.45, 2.75) is 50.5 Å². The Morgan fingerprint density at radius 1 is 1.19 bits per heavy atom. The van der Waals surface area contributed by atoms with E-state index in [2.05, 4.69) is 25.6 Å². The number of hydrogen-bond donors (Lipinski definition) is 3. The molecule has 0 aliphatic heterocycles. The standard InChI is InChI=1S/C20H21F3N6O2/c1-12-8-13(25-18-24-7-4-16(26-18)20(21,22)23)10-14(9-12)29-11-17(27-28-29)19(31)5-2-15(30)3-6-19/h4,7-11,15,30-31H,2-3,5-6H2,1H3,(H,24,25,26)/t15-,19-. The number of nitrogens with one attached hydrogen (secondary N) is 1. The van der Waals surface area contributed by atoms with Gasteiger partial charge < -0.3 is 15.5 Å². The lowest BCUT2D eigenvalue weighted by Gasteiger charge is -2.32. The van der Waals surface area contributed by atoms with E-state index in [1.807, 2.05) is 13.0 Å². The van der Waals surface area contributed by atoms with Crippen LogP contribution in [0.5, 0.6) is 0 Å². The van der Waals surface area contributed by atoms with Crippen LogP contribution in [0.2, 0.25) is 0 Å². The van der Waals surface area contributed by atoms with Gasteiger partial charge >= 0.3 is 6.18 Å². The molecule has 0 saturated heterocycles. The van der Waals surface area contributed by atoms with Crippen molar-refractivity contribution in [1.82, 2.24) is 25.0 Å². The van der Waals surface area contributed by atoms with Gasteiger partial charge in [-0.3, -0.25) is 0 Å². The lowest BCUT2D eigenvalue weighted by Crippen LogP contribution is -2.33. The minimum atomic E-state index is -4.57. The average Bonchev–Trinajstić information content (AvgIpc) is 3.21. The van der Waals surface area contributed by atoms with E-state index in [1.54, 1.807) is 18.3 Å². The number of rotatable bonds is 4. The van der Waals surface area contributed by atoms with E-state index in [0.29, 0.717) is 42.8 Å². The predicted molar refractivity (Wildman–Crippen MR) is 105 cm³/mol. The largest absolute Gasteiger partial charge is 0.433 e. The van der Waals surface area contributed by atoms with E-state index in [-0.39, 0.29) is 5.95 Å². The molecule has 2 heterocycles. The van der Waals surface area contributed by atoms with Crippen molar-refractivity contribution in [2.24, 2.45) is 0 Å². The molecule has 11 heteroatoms. The van der Waals surface area contributed by atoms with Crippen molar-refractivity contribution in [3.8, 4) is 5.69 Å². The number of nitrogens with zero attached hydrogens (tertiary/aromatic N) is 5. The van der Waals surface area contributed by atoms with Crippen molar-refractivity contribution < 1.29 is 23.4 Å². The highest BCUT2D eigenvalue weighted by Crippen LogP contribution is 2.36. The maximum Gasteiger partial charge on any atom is 0.433 e. The summed E-state index contributed by atoms with van der Waals surface area (Å²) in [4.78, 5) is 7.37. The molecule has 1 fully saturated rings. The van der Waals surface area contributed by atoms with Gasteiger partial charge in [0.25, 0.3) is 0 Å². The van der Waals surface area contributed by atoms with Gasteiger partial charge in [0, 0.05) is 11.9 Å². The molecule has 3 N–H and O–H groups in total. The third kappa shape index (κ3) is 4.67. The van der Waals surface area contributed by atoms with Crippen LogP contribution in [0.3, 0.4) is 0 Å². The molecular weight excluding hydrogens is 413 g/mol. The van der Waals surface area contributed by atoms with Gasteiger partial charge in [0.2, 0.25) is 5.95 Å². The molecule has 0 bridgehead atoms. The molecule has 3 aromatic rings. The first kappa shape index (κ1) is 21.2. The Bertz CT molecular complexity index is 1080. The molecule has 0 amide bonds. The normalized spacial score (nSPS) is 21.8. The number of aryl methyl sites for hydroxylation is 1. The Labute approximate surface area is 175 Å². The molecule has 1 saturated carbocycles. The van der Waals surface area contributed by atoms with Crippen molar-refractivity contribution in [3.05, 3.63) is 53.6 Å². The summed E-state index contributed by atoms with van der Waals surface area (Å²) in [6, 6.07) is 6.04. The number of halogens is 3. The summed E-state index contributed by atoms with van der Waals surface area (Å²) in [5.41, 5.74) is 0.136. The topological polar surface area (TPSA) is 109 Å². The van der Waals surface area contributed by atoms with E-state index in [9.17, 15) is 23.4 Å². The van der Waals surface area contributed by atoms with Gasteiger partial charge in [-0.2, -0.15) is 13.2 Å². The second kappa shape index (κ2) is 7.89. The van der Waals surface area contributed by atoms with E-state index >= 15 is 0 Å². The van der Waals surface area contributed by atoms with Gasteiger partial charge in [-0.25, -0.2) is 14.6 Å². The summed E-state index contributed by atoms with van der Waals surface area (Å²) in [6.45, 7) is 1.83. The fraction of sp³-hybridized carbons (Fsp3) is 0.400. The van der Waals surface area contributed by atoms with Crippen LogP contribution in [0.25, 0.3) is 5.69 Å². The average molecular weight is 434 g/mol. The number of benzene rings is 1. The summed E-state index contributed by atoms with van der Waals surface area (Å²) in [7, 11) is 0. The molecule has 0 radical (unpaired) electrons. The lowest BCUT2D eigenvalue weighted by molar-refractivity contribution is -0.141. The highest BCUT2D eigenvalue weighted by Gasteiger charge is 2.37. The van der Waals surface area contributed by atoms with Gasteiger partial charge in [0.1, 0.15) is 17.0 Å². The first-order chi connectivity index (χ1) is 14.6. The van der Waals surface area contributed by atoms with Crippen molar-refractivity contribution in [1.29, 1.82) is 0 Å². The van der Waals surface area contributed by atoms with Gasteiger partial charge in [-0.15, -0.1) is 5.10 Å². The minimum Gasteiger partial charge on any atom is -0.393 e. The highest BCUT2D eigenvalue weighted by molar-refractivity contribution is 5.59. The minimum absolute atomic E-state index is 0.180. The number of hydrogen-bond acceptors (Lipinski definition) is 7. The van der Waals surface area contributed by atoms with Crippen LogP contribution < -0.4 is 5.32 Å². The molecule has 0 atom stereocenters. The van der Waals surface area contributed by atoms with E-state index in [4.69, 9.17) is 0 Å². The fourth-order valence-electron chi connectivity index (χ4n) is 3.61. The molecule has 31 heavy (non-hydrogen) atoms. The molecule has 4 rings (SSSR count). The quantitative estimate of drug-likeness (QED) is 0.578. The SMILES string of the molecule is Cc1cc(Nc2nccc(C(F)(F)F)n2)cc(-n2cc([C@]3(O)CC[C@H](O)CC3)nn2)c1. The lowest BCUT2D eigenvalue weighted by atomic mass is 9.81. The third-order valence-corrected chi connectivity index (χ3v) is 5.28. The van der Waals surface area contributed by atoms with Crippen LogP contribution in [-0.4, -0.2) is 41.3 Å². The van der Waals surface area contributed by atoms with Crippen molar-refractivity contribution >= 4 is 11.6 Å². The first-order valence-electron chi connectivity index (χ1n) is 9.75. The summed E-state index contributed by atoms with van der Waals surface area (Å²) in [6.07, 6.45) is -0.571. The zero-order valence-corrected chi connectivity index (χ0v) is 16.6. The summed E-state index contributed by atoms with van der Waals surface area (Å²) in [5, 5.41) is 31.5. The molecule has 2 aromatic heterocycles. The summed E-state index contributed by atoms with van der Waals surface area (Å²) >= 11 is 0. The Kier molecular flexibility index (Phi) is 5.40. The predicted octanol–water partition coefficient (Wildman–Crippen LogP) is 3.25. The van der Waals surface area contributed by atoms with Gasteiger partial charge in [0.05, 0.1) is 18.0 Å².